The van der Waals surface area contributed by atoms with E-state index in [4.69, 9.17) is 0 Å². The standard InChI is InChI=1S/C21H29NO/c1-2-3-4-9-19(23)10-7-13-22-14-12-18-15-17-8-5-6-11-20(17)21(18)16-22/h5-6,8,11,15,21H,2-4,7,9-10,12-14,16H2,1H3. The van der Waals surface area contributed by atoms with E-state index < -0.39 is 0 Å². The summed E-state index contributed by atoms with van der Waals surface area (Å²) in [6.45, 7) is 5.55. The van der Waals surface area contributed by atoms with Crippen LogP contribution in [0.4, 0.5) is 0 Å². The van der Waals surface area contributed by atoms with E-state index in [1.54, 1.807) is 5.57 Å². The number of unbranched alkanes of at least 4 members (excludes halogenated alkanes) is 2. The zero-order valence-electron chi connectivity index (χ0n) is 14.4. The van der Waals surface area contributed by atoms with Crippen molar-refractivity contribution >= 4 is 11.9 Å². The number of ketones is 1. The van der Waals surface area contributed by atoms with Gasteiger partial charge in [0.05, 0.1) is 0 Å². The van der Waals surface area contributed by atoms with Crippen LogP contribution in [0.1, 0.15) is 68.9 Å². The summed E-state index contributed by atoms with van der Waals surface area (Å²) in [5.41, 5.74) is 4.53. The summed E-state index contributed by atoms with van der Waals surface area (Å²) in [6.07, 6.45) is 9.62. The van der Waals surface area contributed by atoms with Gasteiger partial charge in [-0.15, -0.1) is 0 Å². The van der Waals surface area contributed by atoms with E-state index in [1.165, 1.54) is 30.4 Å². The van der Waals surface area contributed by atoms with Gasteiger partial charge >= 0.3 is 0 Å². The van der Waals surface area contributed by atoms with Crippen LogP contribution in [0.5, 0.6) is 0 Å². The summed E-state index contributed by atoms with van der Waals surface area (Å²) in [5, 5.41) is 0. The molecule has 23 heavy (non-hydrogen) atoms. The molecule has 3 rings (SSSR count). The zero-order chi connectivity index (χ0) is 16.1. The molecular weight excluding hydrogens is 282 g/mol. The molecule has 1 saturated heterocycles. The number of carbonyl (C=O) groups is 1. The van der Waals surface area contributed by atoms with Crippen molar-refractivity contribution in [3.63, 3.8) is 0 Å². The lowest BCUT2D eigenvalue weighted by molar-refractivity contribution is -0.119. The minimum atomic E-state index is 0.460. The molecule has 0 aromatic heterocycles. The summed E-state index contributed by atoms with van der Waals surface area (Å²) < 4.78 is 0. The fourth-order valence-corrected chi connectivity index (χ4v) is 3.96. The van der Waals surface area contributed by atoms with Crippen LogP contribution in [0.3, 0.4) is 0 Å². The van der Waals surface area contributed by atoms with Crippen LogP contribution in [0, 0.1) is 0 Å². The summed E-state index contributed by atoms with van der Waals surface area (Å²) in [5.74, 6) is 1.06. The van der Waals surface area contributed by atoms with E-state index in [0.717, 1.165) is 45.3 Å². The fourth-order valence-electron chi connectivity index (χ4n) is 3.96. The zero-order valence-corrected chi connectivity index (χ0v) is 14.4. The van der Waals surface area contributed by atoms with Gasteiger partial charge in [0.1, 0.15) is 5.78 Å². The number of rotatable bonds is 8. The fraction of sp³-hybridized carbons (Fsp3) is 0.571. The molecule has 1 fully saturated rings. The Kier molecular flexibility index (Phi) is 5.66. The van der Waals surface area contributed by atoms with Gasteiger partial charge in [-0.3, -0.25) is 4.79 Å². The Labute approximate surface area is 140 Å². The minimum Gasteiger partial charge on any atom is -0.302 e. The van der Waals surface area contributed by atoms with E-state index in [1.807, 2.05) is 0 Å². The van der Waals surface area contributed by atoms with Crippen LogP contribution in [0.15, 0.2) is 29.8 Å². The van der Waals surface area contributed by atoms with E-state index in [9.17, 15) is 4.79 Å². The van der Waals surface area contributed by atoms with Crippen LogP contribution in [0.25, 0.3) is 6.08 Å². The molecule has 0 bridgehead atoms. The predicted molar refractivity (Wildman–Crippen MR) is 96.6 cm³/mol. The van der Waals surface area contributed by atoms with Gasteiger partial charge in [0.2, 0.25) is 0 Å². The Morgan fingerprint density at radius 3 is 2.87 bits per heavy atom. The molecule has 1 unspecified atom stereocenters. The number of carbonyl (C=O) groups excluding carboxylic acids is 1. The molecule has 2 heteroatoms. The molecule has 0 amide bonds. The molecule has 0 N–H and O–H groups in total. The average Bonchev–Trinajstić information content (AvgIpc) is 2.93. The average molecular weight is 311 g/mol. The van der Waals surface area contributed by atoms with Crippen molar-refractivity contribution in [2.45, 2.75) is 57.8 Å². The molecule has 2 nitrogen and oxygen atoms in total. The number of hydrogen-bond donors (Lipinski definition) is 0. The molecule has 1 aliphatic carbocycles. The summed E-state index contributed by atoms with van der Waals surface area (Å²) in [6, 6.07) is 8.81. The van der Waals surface area contributed by atoms with Gasteiger partial charge in [0.15, 0.2) is 0 Å². The minimum absolute atomic E-state index is 0.460. The number of nitrogens with zero attached hydrogens (tertiary/aromatic N) is 1. The maximum atomic E-state index is 11.9. The van der Waals surface area contributed by atoms with Gasteiger partial charge in [-0.2, -0.15) is 0 Å². The molecule has 1 heterocycles. The third kappa shape index (κ3) is 4.11. The second-order valence-corrected chi connectivity index (χ2v) is 7.05. The highest BCUT2D eigenvalue weighted by molar-refractivity contribution is 5.78. The highest BCUT2D eigenvalue weighted by atomic mass is 16.1. The number of hydrogen-bond acceptors (Lipinski definition) is 2. The first-order valence-corrected chi connectivity index (χ1v) is 9.31. The first-order chi connectivity index (χ1) is 11.3. The number of benzene rings is 1. The Balaban J connectivity index is 1.44. The highest BCUT2D eigenvalue weighted by Crippen LogP contribution is 2.40. The van der Waals surface area contributed by atoms with Crippen molar-refractivity contribution in [3.05, 3.63) is 41.0 Å². The van der Waals surface area contributed by atoms with Gasteiger partial charge in [0, 0.05) is 31.8 Å². The number of likely N-dealkylation sites (tertiary alicyclic amines) is 1. The van der Waals surface area contributed by atoms with Crippen molar-refractivity contribution in [3.8, 4) is 0 Å². The molecule has 1 aliphatic heterocycles. The Hall–Kier alpha value is -1.41. The maximum Gasteiger partial charge on any atom is 0.132 e. The van der Waals surface area contributed by atoms with Gasteiger partial charge in [0.25, 0.3) is 0 Å². The lowest BCUT2D eigenvalue weighted by Gasteiger charge is -2.33. The molecule has 0 radical (unpaired) electrons. The quantitative estimate of drug-likeness (QED) is 0.643. The van der Waals surface area contributed by atoms with Crippen molar-refractivity contribution in [1.29, 1.82) is 0 Å². The van der Waals surface area contributed by atoms with Gasteiger partial charge < -0.3 is 4.90 Å². The van der Waals surface area contributed by atoms with E-state index in [0.29, 0.717) is 11.7 Å². The summed E-state index contributed by atoms with van der Waals surface area (Å²) >= 11 is 0. The van der Waals surface area contributed by atoms with Crippen LogP contribution in [-0.4, -0.2) is 30.3 Å². The van der Waals surface area contributed by atoms with Crippen LogP contribution in [0.2, 0.25) is 0 Å². The van der Waals surface area contributed by atoms with Crippen LogP contribution < -0.4 is 0 Å². The summed E-state index contributed by atoms with van der Waals surface area (Å²) in [4.78, 5) is 14.4. The van der Waals surface area contributed by atoms with Gasteiger partial charge in [-0.25, -0.2) is 0 Å². The van der Waals surface area contributed by atoms with Crippen LogP contribution >= 0.6 is 0 Å². The first-order valence-electron chi connectivity index (χ1n) is 9.31. The Morgan fingerprint density at radius 2 is 2.00 bits per heavy atom. The summed E-state index contributed by atoms with van der Waals surface area (Å²) in [7, 11) is 0. The van der Waals surface area contributed by atoms with Gasteiger partial charge in [-0.05, 0) is 36.9 Å². The molecular formula is C21H29NO. The second-order valence-electron chi connectivity index (χ2n) is 7.05. The molecule has 124 valence electrons. The van der Waals surface area contributed by atoms with Gasteiger partial charge in [-0.1, -0.05) is 55.7 Å². The highest BCUT2D eigenvalue weighted by Gasteiger charge is 2.30. The molecule has 1 aromatic carbocycles. The SMILES string of the molecule is CCCCCC(=O)CCCN1CCC2=Cc3ccccc3C2C1. The predicted octanol–water partition coefficient (Wildman–Crippen LogP) is 4.80. The third-order valence-electron chi connectivity index (χ3n) is 5.31. The molecule has 2 aliphatic rings. The Bertz CT molecular complexity index is 575. The van der Waals surface area contributed by atoms with E-state index in [-0.39, 0.29) is 0 Å². The second kappa shape index (κ2) is 7.92. The van der Waals surface area contributed by atoms with E-state index in [2.05, 4.69) is 42.2 Å². The van der Waals surface area contributed by atoms with Crippen molar-refractivity contribution in [2.75, 3.05) is 19.6 Å². The normalized spacial score (nSPS) is 20.0. The largest absolute Gasteiger partial charge is 0.302 e. The van der Waals surface area contributed by atoms with Crippen LogP contribution in [-0.2, 0) is 4.79 Å². The number of fused-ring (bicyclic) bond motifs is 3. The molecule has 1 atom stereocenters. The molecule has 0 spiro atoms. The molecule has 1 aromatic rings. The smallest absolute Gasteiger partial charge is 0.132 e. The van der Waals surface area contributed by atoms with Crippen molar-refractivity contribution in [1.82, 2.24) is 4.90 Å². The first kappa shape index (κ1) is 16.4. The maximum absolute atomic E-state index is 11.9. The molecule has 0 saturated carbocycles. The van der Waals surface area contributed by atoms with Crippen molar-refractivity contribution < 1.29 is 4.79 Å². The third-order valence-corrected chi connectivity index (χ3v) is 5.31. The lowest BCUT2D eigenvalue weighted by atomic mass is 9.90. The van der Waals surface area contributed by atoms with Crippen molar-refractivity contribution in [2.24, 2.45) is 0 Å². The monoisotopic (exact) mass is 311 g/mol. The topological polar surface area (TPSA) is 20.3 Å². The number of piperidine rings is 1. The van der Waals surface area contributed by atoms with E-state index >= 15 is 0 Å². The lowest BCUT2D eigenvalue weighted by Crippen LogP contribution is -2.35. The Morgan fingerprint density at radius 1 is 1.17 bits per heavy atom. The number of Topliss-reactive ketones (excluding diaryl/α,β-unsaturated/α-hetero) is 1.